The number of nitrogens with zero attached hydrogens (tertiary/aromatic N) is 1. The van der Waals surface area contributed by atoms with Gasteiger partial charge in [-0.2, -0.15) is 0 Å². The minimum atomic E-state index is -0.295. The van der Waals surface area contributed by atoms with Crippen LogP contribution in [0.5, 0.6) is 0 Å². The van der Waals surface area contributed by atoms with Crippen LogP contribution in [0.1, 0.15) is 43.7 Å². The molecule has 1 heterocycles. The Kier molecular flexibility index (Phi) is 5.28. The summed E-state index contributed by atoms with van der Waals surface area (Å²) in [5, 5.41) is 3.26. The lowest BCUT2D eigenvalue weighted by Crippen LogP contribution is -2.37. The normalized spacial score (nSPS) is 20.2. The number of pyridine rings is 1. The molecule has 1 fully saturated rings. The molecule has 3 nitrogen and oxygen atoms in total. The van der Waals surface area contributed by atoms with Crippen LogP contribution < -0.4 is 5.32 Å². The highest BCUT2D eigenvalue weighted by Gasteiger charge is 2.31. The Hall–Kier alpha value is -1.00. The minimum absolute atomic E-state index is 0.00343. The lowest BCUT2D eigenvalue weighted by Gasteiger charge is -2.34. The lowest BCUT2D eigenvalue weighted by molar-refractivity contribution is 0.00927. The number of hydrogen-bond donors (Lipinski definition) is 1. The number of likely N-dealkylation sites (N-methyl/N-ethyl adjacent to an activating group) is 1. The van der Waals surface area contributed by atoms with Gasteiger partial charge in [0, 0.05) is 13.3 Å². The van der Waals surface area contributed by atoms with Crippen molar-refractivity contribution in [1.29, 1.82) is 0 Å². The van der Waals surface area contributed by atoms with Gasteiger partial charge >= 0.3 is 0 Å². The predicted octanol–water partition coefficient (Wildman–Crippen LogP) is 3.08. The predicted molar refractivity (Wildman–Crippen MR) is 73.4 cm³/mol. The van der Waals surface area contributed by atoms with E-state index in [4.69, 9.17) is 4.74 Å². The maximum atomic E-state index is 13.3. The summed E-state index contributed by atoms with van der Waals surface area (Å²) in [4.78, 5) is 3.94. The second-order valence-electron chi connectivity index (χ2n) is 5.30. The summed E-state index contributed by atoms with van der Waals surface area (Å²) in [5.41, 5.74) is 0.861. The third-order valence-electron chi connectivity index (χ3n) is 4.11. The number of nitrogens with one attached hydrogen (secondary N) is 1. The molecule has 1 aromatic heterocycles. The van der Waals surface area contributed by atoms with E-state index >= 15 is 0 Å². The summed E-state index contributed by atoms with van der Waals surface area (Å²) in [7, 11) is 3.64. The fourth-order valence-corrected chi connectivity index (χ4v) is 3.18. The molecular weight excluding hydrogens is 243 g/mol. The first-order valence-corrected chi connectivity index (χ1v) is 7.06. The third kappa shape index (κ3) is 3.51. The van der Waals surface area contributed by atoms with Crippen LogP contribution in [0.4, 0.5) is 4.39 Å². The molecule has 1 aromatic rings. The highest BCUT2D eigenvalue weighted by Crippen LogP contribution is 2.33. The van der Waals surface area contributed by atoms with E-state index in [9.17, 15) is 4.39 Å². The van der Waals surface area contributed by atoms with Gasteiger partial charge in [0.05, 0.1) is 18.3 Å². The molecule has 2 rings (SSSR count). The molecule has 106 valence electrons. The Bertz CT molecular complexity index is 393. The SMILES string of the molecule is CNC(c1cncc(F)c1)C(OC)C1CCCCC1. The smallest absolute Gasteiger partial charge is 0.141 e. The van der Waals surface area contributed by atoms with Crippen molar-refractivity contribution in [3.8, 4) is 0 Å². The Morgan fingerprint density at radius 3 is 2.63 bits per heavy atom. The zero-order valence-corrected chi connectivity index (χ0v) is 11.7. The molecule has 0 saturated heterocycles. The molecule has 1 N–H and O–H groups in total. The number of methoxy groups -OCH3 is 1. The second kappa shape index (κ2) is 6.96. The quantitative estimate of drug-likeness (QED) is 0.889. The number of ether oxygens (including phenoxy) is 1. The summed E-state index contributed by atoms with van der Waals surface area (Å²) < 4.78 is 19.1. The van der Waals surface area contributed by atoms with Gasteiger partial charge in [0.25, 0.3) is 0 Å². The summed E-state index contributed by atoms with van der Waals surface area (Å²) in [5.74, 6) is 0.246. The molecule has 0 spiro atoms. The molecule has 2 atom stereocenters. The van der Waals surface area contributed by atoms with Gasteiger partial charge in [-0.25, -0.2) is 4.39 Å². The van der Waals surface area contributed by atoms with Crippen molar-refractivity contribution in [3.63, 3.8) is 0 Å². The van der Waals surface area contributed by atoms with Crippen LogP contribution in [0.15, 0.2) is 18.5 Å². The van der Waals surface area contributed by atoms with Crippen molar-refractivity contribution in [2.75, 3.05) is 14.2 Å². The molecule has 0 aromatic carbocycles. The molecular formula is C15H23FN2O. The molecule has 0 bridgehead atoms. The lowest BCUT2D eigenvalue weighted by atomic mass is 9.81. The van der Waals surface area contributed by atoms with Crippen molar-refractivity contribution < 1.29 is 9.13 Å². The number of aromatic nitrogens is 1. The summed E-state index contributed by atoms with van der Waals surface area (Å²) >= 11 is 0. The highest BCUT2D eigenvalue weighted by atomic mass is 19.1. The van der Waals surface area contributed by atoms with Crippen LogP contribution >= 0.6 is 0 Å². The van der Waals surface area contributed by atoms with Gasteiger partial charge in [0.1, 0.15) is 5.82 Å². The zero-order valence-electron chi connectivity index (χ0n) is 11.7. The van der Waals surface area contributed by atoms with Crippen LogP contribution in [0.2, 0.25) is 0 Å². The molecule has 2 unspecified atom stereocenters. The number of hydrogen-bond acceptors (Lipinski definition) is 3. The van der Waals surface area contributed by atoms with E-state index in [2.05, 4.69) is 10.3 Å². The molecule has 19 heavy (non-hydrogen) atoms. The van der Waals surface area contributed by atoms with Crippen LogP contribution in [-0.2, 0) is 4.74 Å². The standard InChI is InChI=1S/C15H23FN2O/c1-17-14(12-8-13(16)10-18-9-12)15(19-2)11-6-4-3-5-7-11/h8-11,14-15,17H,3-7H2,1-2H3. The van der Waals surface area contributed by atoms with Gasteiger partial charge in [-0.1, -0.05) is 19.3 Å². The molecule has 0 amide bonds. The summed E-state index contributed by atoms with van der Waals surface area (Å²) in [6, 6.07) is 1.54. The average Bonchev–Trinajstić information content (AvgIpc) is 2.45. The van der Waals surface area contributed by atoms with Crippen molar-refractivity contribution in [3.05, 3.63) is 29.8 Å². The summed E-state index contributed by atoms with van der Waals surface area (Å²) in [6.45, 7) is 0. The first-order chi connectivity index (χ1) is 9.26. The number of rotatable bonds is 5. The molecule has 0 radical (unpaired) electrons. The average molecular weight is 266 g/mol. The molecule has 0 aliphatic heterocycles. The Morgan fingerprint density at radius 1 is 1.32 bits per heavy atom. The van der Waals surface area contributed by atoms with Gasteiger partial charge in [-0.3, -0.25) is 4.98 Å². The molecule has 1 aliphatic rings. The van der Waals surface area contributed by atoms with E-state index in [1.165, 1.54) is 38.3 Å². The van der Waals surface area contributed by atoms with E-state index in [1.54, 1.807) is 19.4 Å². The Labute approximate surface area is 114 Å². The van der Waals surface area contributed by atoms with E-state index in [0.717, 1.165) is 5.56 Å². The van der Waals surface area contributed by atoms with Crippen LogP contribution in [-0.4, -0.2) is 25.2 Å². The van der Waals surface area contributed by atoms with Gasteiger partial charge in [0.15, 0.2) is 0 Å². The van der Waals surface area contributed by atoms with Crippen molar-refractivity contribution in [2.24, 2.45) is 5.92 Å². The van der Waals surface area contributed by atoms with Gasteiger partial charge < -0.3 is 10.1 Å². The van der Waals surface area contributed by atoms with Crippen LogP contribution in [0.25, 0.3) is 0 Å². The first kappa shape index (κ1) is 14.4. The van der Waals surface area contributed by atoms with Gasteiger partial charge in [-0.05, 0) is 37.4 Å². The Balaban J connectivity index is 2.17. The fourth-order valence-electron chi connectivity index (χ4n) is 3.18. The van der Waals surface area contributed by atoms with Gasteiger partial charge in [-0.15, -0.1) is 0 Å². The maximum absolute atomic E-state index is 13.3. The van der Waals surface area contributed by atoms with Crippen LogP contribution in [0, 0.1) is 11.7 Å². The fraction of sp³-hybridized carbons (Fsp3) is 0.667. The van der Waals surface area contributed by atoms with Crippen LogP contribution in [0.3, 0.4) is 0 Å². The van der Waals surface area contributed by atoms with E-state index in [0.29, 0.717) is 5.92 Å². The minimum Gasteiger partial charge on any atom is -0.379 e. The maximum Gasteiger partial charge on any atom is 0.141 e. The molecule has 1 saturated carbocycles. The largest absolute Gasteiger partial charge is 0.379 e. The Morgan fingerprint density at radius 2 is 2.05 bits per heavy atom. The molecule has 4 heteroatoms. The zero-order chi connectivity index (χ0) is 13.7. The molecule has 1 aliphatic carbocycles. The van der Waals surface area contributed by atoms with Crippen molar-refractivity contribution >= 4 is 0 Å². The third-order valence-corrected chi connectivity index (χ3v) is 4.11. The van der Waals surface area contributed by atoms with Gasteiger partial charge in [0.2, 0.25) is 0 Å². The monoisotopic (exact) mass is 266 g/mol. The van der Waals surface area contributed by atoms with E-state index in [1.807, 2.05) is 7.05 Å². The van der Waals surface area contributed by atoms with E-state index < -0.39 is 0 Å². The number of halogens is 1. The topological polar surface area (TPSA) is 34.2 Å². The second-order valence-corrected chi connectivity index (χ2v) is 5.30. The summed E-state index contributed by atoms with van der Waals surface area (Å²) in [6.07, 6.45) is 9.27. The van der Waals surface area contributed by atoms with E-state index in [-0.39, 0.29) is 18.0 Å². The highest BCUT2D eigenvalue weighted by molar-refractivity contribution is 5.17. The van der Waals surface area contributed by atoms with Crippen molar-refractivity contribution in [1.82, 2.24) is 10.3 Å². The van der Waals surface area contributed by atoms with Crippen molar-refractivity contribution in [2.45, 2.75) is 44.2 Å². The first-order valence-electron chi connectivity index (χ1n) is 7.06.